The van der Waals surface area contributed by atoms with Gasteiger partial charge >= 0.3 is 0 Å². The minimum Gasteiger partial charge on any atom is -0.360 e. The van der Waals surface area contributed by atoms with Gasteiger partial charge in [0.2, 0.25) is 0 Å². The second kappa shape index (κ2) is 8.07. The molecule has 1 amide bonds. The highest BCUT2D eigenvalue weighted by atomic mass is 32.2. The summed E-state index contributed by atoms with van der Waals surface area (Å²) in [6.07, 6.45) is 5.49. The molecule has 2 aromatic carbocycles. The third kappa shape index (κ3) is 3.59. The number of aromatic nitrogens is 2. The average Bonchev–Trinajstić information content (AvgIpc) is 3.40. The van der Waals surface area contributed by atoms with E-state index in [2.05, 4.69) is 19.7 Å². The SMILES string of the molecule is O=C(Nc1nc(-c2c[nH]c3ccccc23)cs1)c1ccc2c(c1)S(=O)(=O)N=C1CCCCCN12. The topological polar surface area (TPSA) is 108 Å². The molecule has 0 radical (unpaired) electrons. The number of carbonyl (C=O) groups is 1. The summed E-state index contributed by atoms with van der Waals surface area (Å²) in [5.74, 6) is 0.179. The molecule has 8 nitrogen and oxygen atoms in total. The van der Waals surface area contributed by atoms with Crippen LogP contribution in [0.15, 0.2) is 63.3 Å². The number of nitrogens with zero attached hydrogens (tertiary/aromatic N) is 3. The highest BCUT2D eigenvalue weighted by Gasteiger charge is 2.32. The van der Waals surface area contributed by atoms with E-state index in [9.17, 15) is 13.2 Å². The van der Waals surface area contributed by atoms with Crippen LogP contribution >= 0.6 is 11.3 Å². The van der Waals surface area contributed by atoms with Crippen LogP contribution in [0.3, 0.4) is 0 Å². The summed E-state index contributed by atoms with van der Waals surface area (Å²) >= 11 is 1.32. The van der Waals surface area contributed by atoms with Gasteiger partial charge in [0, 0.05) is 46.6 Å². The Labute approximate surface area is 200 Å². The second-order valence-corrected chi connectivity index (χ2v) is 10.8. The highest BCUT2D eigenvalue weighted by Crippen LogP contribution is 2.35. The van der Waals surface area contributed by atoms with Crippen LogP contribution in [-0.4, -0.2) is 36.7 Å². The number of benzene rings is 2. The van der Waals surface area contributed by atoms with E-state index in [1.54, 1.807) is 12.1 Å². The van der Waals surface area contributed by atoms with Gasteiger partial charge in [-0.1, -0.05) is 24.6 Å². The fraction of sp³-hybridized carbons (Fsp3) is 0.208. The Morgan fingerprint density at radius 2 is 2.00 bits per heavy atom. The van der Waals surface area contributed by atoms with Crippen LogP contribution in [0.1, 0.15) is 36.0 Å². The maximum absolute atomic E-state index is 13.0. The Bertz CT molecular complexity index is 1570. The number of hydrogen-bond donors (Lipinski definition) is 2. The van der Waals surface area contributed by atoms with Crippen molar-refractivity contribution in [2.45, 2.75) is 30.6 Å². The lowest BCUT2D eigenvalue weighted by Crippen LogP contribution is -2.35. The number of fused-ring (bicyclic) bond motifs is 4. The molecular formula is C24H21N5O3S2. The van der Waals surface area contributed by atoms with Gasteiger partial charge in [-0.2, -0.15) is 8.42 Å². The summed E-state index contributed by atoms with van der Waals surface area (Å²) in [5, 5.41) is 6.19. The van der Waals surface area contributed by atoms with Crippen molar-refractivity contribution in [2.24, 2.45) is 4.40 Å². The van der Waals surface area contributed by atoms with Crippen molar-refractivity contribution in [3.8, 4) is 11.3 Å². The molecule has 0 unspecified atom stereocenters. The quantitative estimate of drug-likeness (QED) is 0.418. The van der Waals surface area contributed by atoms with Crippen molar-refractivity contribution in [3.05, 3.63) is 59.6 Å². The van der Waals surface area contributed by atoms with Crippen LogP contribution in [0, 0.1) is 0 Å². The number of aromatic amines is 1. The van der Waals surface area contributed by atoms with Crippen LogP contribution in [0.2, 0.25) is 0 Å². The van der Waals surface area contributed by atoms with E-state index in [0.717, 1.165) is 48.0 Å². The summed E-state index contributed by atoms with van der Waals surface area (Å²) < 4.78 is 29.8. The van der Waals surface area contributed by atoms with E-state index in [1.165, 1.54) is 17.4 Å². The van der Waals surface area contributed by atoms with Crippen molar-refractivity contribution in [2.75, 3.05) is 16.8 Å². The molecule has 0 saturated carbocycles. The Hall–Kier alpha value is -3.50. The lowest BCUT2D eigenvalue weighted by molar-refractivity contribution is 0.102. The van der Waals surface area contributed by atoms with Gasteiger partial charge in [0.15, 0.2) is 5.13 Å². The number of para-hydroxylation sites is 1. The van der Waals surface area contributed by atoms with Crippen molar-refractivity contribution >= 4 is 54.8 Å². The molecule has 2 aliphatic heterocycles. The summed E-state index contributed by atoms with van der Waals surface area (Å²) in [5.41, 5.74) is 3.58. The number of hydrogen-bond acceptors (Lipinski definition) is 6. The third-order valence-electron chi connectivity index (χ3n) is 6.20. The Morgan fingerprint density at radius 1 is 1.12 bits per heavy atom. The monoisotopic (exact) mass is 491 g/mol. The van der Waals surface area contributed by atoms with E-state index in [4.69, 9.17) is 0 Å². The lowest BCUT2D eigenvalue weighted by Gasteiger charge is -2.29. The van der Waals surface area contributed by atoms with E-state index in [0.29, 0.717) is 23.1 Å². The highest BCUT2D eigenvalue weighted by molar-refractivity contribution is 7.90. The fourth-order valence-corrected chi connectivity index (χ4v) is 6.52. The molecule has 2 aliphatic rings. The molecule has 6 rings (SSSR count). The molecule has 0 aliphatic carbocycles. The largest absolute Gasteiger partial charge is 0.360 e. The zero-order chi connectivity index (χ0) is 23.3. The first kappa shape index (κ1) is 21.1. The smallest absolute Gasteiger partial charge is 0.286 e. The third-order valence-corrected chi connectivity index (χ3v) is 8.29. The lowest BCUT2D eigenvalue weighted by atomic mass is 10.1. The van der Waals surface area contributed by atoms with Gasteiger partial charge in [0.1, 0.15) is 10.7 Å². The van der Waals surface area contributed by atoms with Crippen molar-refractivity contribution in [1.29, 1.82) is 0 Å². The average molecular weight is 492 g/mol. The van der Waals surface area contributed by atoms with Crippen LogP contribution in [0.4, 0.5) is 10.8 Å². The Balaban J connectivity index is 1.28. The van der Waals surface area contributed by atoms with Crippen LogP contribution < -0.4 is 10.2 Å². The van der Waals surface area contributed by atoms with Crippen molar-refractivity contribution in [1.82, 2.24) is 9.97 Å². The molecule has 1 saturated heterocycles. The van der Waals surface area contributed by atoms with Gasteiger partial charge in [0.25, 0.3) is 15.9 Å². The van der Waals surface area contributed by atoms with Crippen molar-refractivity contribution in [3.63, 3.8) is 0 Å². The first-order chi connectivity index (χ1) is 16.5. The van der Waals surface area contributed by atoms with Gasteiger partial charge in [-0.15, -0.1) is 15.7 Å². The fourth-order valence-electron chi connectivity index (χ4n) is 4.53. The van der Waals surface area contributed by atoms with E-state index < -0.39 is 15.9 Å². The maximum atomic E-state index is 13.0. The summed E-state index contributed by atoms with van der Waals surface area (Å²) in [6, 6.07) is 12.7. The summed E-state index contributed by atoms with van der Waals surface area (Å²) in [7, 11) is -3.85. The Morgan fingerprint density at radius 3 is 2.91 bits per heavy atom. The molecule has 10 heteroatoms. The molecule has 0 bridgehead atoms. The number of amidine groups is 1. The number of nitrogens with one attached hydrogen (secondary N) is 2. The van der Waals surface area contributed by atoms with Gasteiger partial charge in [-0.05, 0) is 37.1 Å². The standard InChI is InChI=1S/C24H21N5O3S2/c30-23(27-24-26-19(14-33-24)17-13-25-18-7-4-3-6-16(17)18)15-9-10-20-21(12-15)34(31,32)28-22-8-2-1-5-11-29(20)22/h3-4,6-7,9-10,12-14,25H,1-2,5,8,11H2,(H,26,27,30). The van der Waals surface area contributed by atoms with Gasteiger partial charge in [-0.25, -0.2) is 4.98 Å². The van der Waals surface area contributed by atoms with E-state index in [-0.39, 0.29) is 10.5 Å². The minimum absolute atomic E-state index is 0.0735. The number of carbonyl (C=O) groups excluding carboxylic acids is 1. The Kier molecular flexibility index (Phi) is 5.00. The van der Waals surface area contributed by atoms with Gasteiger partial charge < -0.3 is 9.88 Å². The minimum atomic E-state index is -3.85. The predicted octanol–water partition coefficient (Wildman–Crippen LogP) is 5.02. The van der Waals surface area contributed by atoms with Crippen LogP contribution in [0.25, 0.3) is 22.2 Å². The van der Waals surface area contributed by atoms with Crippen LogP contribution in [-0.2, 0) is 10.0 Å². The normalized spacial score (nSPS) is 16.9. The zero-order valence-corrected chi connectivity index (χ0v) is 19.7. The second-order valence-electron chi connectivity index (χ2n) is 8.37. The molecule has 2 aromatic heterocycles. The molecule has 0 spiro atoms. The summed E-state index contributed by atoms with van der Waals surface area (Å²) in [6.45, 7) is 0.725. The molecule has 34 heavy (non-hydrogen) atoms. The number of thiazole rings is 1. The first-order valence-corrected chi connectivity index (χ1v) is 13.4. The number of anilines is 2. The molecule has 0 atom stereocenters. The number of amides is 1. The predicted molar refractivity (Wildman–Crippen MR) is 134 cm³/mol. The van der Waals surface area contributed by atoms with Gasteiger partial charge in [-0.3, -0.25) is 10.1 Å². The van der Waals surface area contributed by atoms with Crippen LogP contribution in [0.5, 0.6) is 0 Å². The summed E-state index contributed by atoms with van der Waals surface area (Å²) in [4.78, 5) is 22.8. The molecule has 4 heterocycles. The molecule has 4 aromatic rings. The molecule has 1 fully saturated rings. The molecular weight excluding hydrogens is 470 g/mol. The first-order valence-electron chi connectivity index (χ1n) is 11.1. The number of H-pyrrole nitrogens is 1. The van der Waals surface area contributed by atoms with E-state index >= 15 is 0 Å². The maximum Gasteiger partial charge on any atom is 0.286 e. The van der Waals surface area contributed by atoms with Crippen molar-refractivity contribution < 1.29 is 13.2 Å². The molecule has 172 valence electrons. The molecule has 2 N–H and O–H groups in total. The van der Waals surface area contributed by atoms with E-state index in [1.807, 2.05) is 40.7 Å². The number of sulfonamides is 1. The van der Waals surface area contributed by atoms with Gasteiger partial charge in [0.05, 0.1) is 11.4 Å². The number of rotatable bonds is 3. The zero-order valence-electron chi connectivity index (χ0n) is 18.1.